The number of hydrogen-bond acceptors (Lipinski definition) is 6. The van der Waals surface area contributed by atoms with Crippen LogP contribution in [0.25, 0.3) is 11.5 Å². The summed E-state index contributed by atoms with van der Waals surface area (Å²) in [5, 5.41) is 11.1. The van der Waals surface area contributed by atoms with Gasteiger partial charge in [-0.2, -0.15) is 0 Å². The van der Waals surface area contributed by atoms with Crippen LogP contribution >= 0.6 is 11.8 Å². The van der Waals surface area contributed by atoms with Crippen molar-refractivity contribution in [3.8, 4) is 11.5 Å². The number of thioether (sulfide) groups is 1. The molecule has 1 aliphatic heterocycles. The fourth-order valence-electron chi connectivity index (χ4n) is 2.62. The van der Waals surface area contributed by atoms with E-state index in [9.17, 15) is 4.79 Å². The number of carbonyl (C=O) groups is 1. The molecule has 1 aliphatic rings. The average molecular weight is 361 g/mol. The number of aryl methyl sites for hydroxylation is 2. The molecule has 1 aromatic carbocycles. The number of nitrogens with one attached hydrogen (secondary N) is 1. The van der Waals surface area contributed by atoms with Crippen LogP contribution < -0.4 is 5.32 Å². The van der Waals surface area contributed by atoms with E-state index >= 15 is 0 Å². The molecule has 1 amide bonds. The van der Waals surface area contributed by atoms with Crippen molar-refractivity contribution < 1.29 is 13.9 Å². The average Bonchev–Trinajstić information content (AvgIpc) is 3.27. The minimum atomic E-state index is -0.311. The molecule has 1 N–H and O–H groups in total. The summed E-state index contributed by atoms with van der Waals surface area (Å²) in [5.41, 5.74) is 3.28. The summed E-state index contributed by atoms with van der Waals surface area (Å²) in [6.07, 6.45) is 2.21. The van der Waals surface area contributed by atoms with Gasteiger partial charge in [-0.15, -0.1) is 10.2 Å². The molecular weight excluding hydrogens is 338 g/mol. The highest BCUT2D eigenvalue weighted by Gasteiger charge is 2.21. The van der Waals surface area contributed by atoms with E-state index in [0.29, 0.717) is 17.7 Å². The molecule has 0 aliphatic carbocycles. The second-order valence-corrected chi connectivity index (χ2v) is 7.60. The van der Waals surface area contributed by atoms with Gasteiger partial charge in [-0.25, -0.2) is 0 Å². The summed E-state index contributed by atoms with van der Waals surface area (Å²) >= 11 is 1.26. The number of ether oxygens (including phenoxy) is 1. The minimum absolute atomic E-state index is 0.0496. The molecule has 25 heavy (non-hydrogen) atoms. The van der Waals surface area contributed by atoms with Gasteiger partial charge in [0.05, 0.1) is 11.4 Å². The third-order valence-electron chi connectivity index (χ3n) is 4.34. The van der Waals surface area contributed by atoms with Gasteiger partial charge in [0.1, 0.15) is 0 Å². The smallest absolute Gasteiger partial charge is 0.277 e. The lowest BCUT2D eigenvalue weighted by Crippen LogP contribution is -2.36. The second kappa shape index (κ2) is 8.01. The van der Waals surface area contributed by atoms with Crippen LogP contribution in [0.5, 0.6) is 0 Å². The first kappa shape index (κ1) is 17.9. The zero-order chi connectivity index (χ0) is 17.8. The van der Waals surface area contributed by atoms with Crippen molar-refractivity contribution in [2.75, 3.05) is 13.2 Å². The van der Waals surface area contributed by atoms with Crippen LogP contribution in [0.15, 0.2) is 27.8 Å². The lowest BCUT2D eigenvalue weighted by Gasteiger charge is -2.13. The molecule has 0 spiro atoms. The number of amides is 1. The third kappa shape index (κ3) is 4.61. The minimum Gasteiger partial charge on any atom is -0.411 e. The van der Waals surface area contributed by atoms with Crippen LogP contribution in [0.4, 0.5) is 0 Å². The molecule has 2 atom stereocenters. The monoisotopic (exact) mass is 361 g/mol. The van der Waals surface area contributed by atoms with Crippen LogP contribution in [0.2, 0.25) is 0 Å². The molecule has 1 fully saturated rings. The first-order chi connectivity index (χ1) is 12.0. The van der Waals surface area contributed by atoms with Crippen LogP contribution in [0.3, 0.4) is 0 Å². The van der Waals surface area contributed by atoms with E-state index in [0.717, 1.165) is 25.0 Å². The largest absolute Gasteiger partial charge is 0.411 e. The fourth-order valence-corrected chi connectivity index (χ4v) is 3.32. The van der Waals surface area contributed by atoms with E-state index in [4.69, 9.17) is 9.15 Å². The molecule has 134 valence electrons. The Morgan fingerprint density at radius 1 is 1.36 bits per heavy atom. The number of rotatable bonds is 6. The first-order valence-electron chi connectivity index (χ1n) is 8.50. The predicted octanol–water partition coefficient (Wildman–Crippen LogP) is 3.13. The lowest BCUT2D eigenvalue weighted by molar-refractivity contribution is -0.120. The Morgan fingerprint density at radius 2 is 2.20 bits per heavy atom. The quantitative estimate of drug-likeness (QED) is 0.797. The molecule has 0 bridgehead atoms. The Balaban J connectivity index is 1.56. The van der Waals surface area contributed by atoms with Crippen molar-refractivity contribution >= 4 is 17.7 Å². The Bertz CT molecular complexity index is 741. The summed E-state index contributed by atoms with van der Waals surface area (Å²) in [6.45, 7) is 7.28. The summed E-state index contributed by atoms with van der Waals surface area (Å²) < 4.78 is 11.2. The molecule has 1 aromatic heterocycles. The molecule has 6 nitrogen and oxygen atoms in total. The SMILES string of the molecule is Cc1ccc(-c2nnc(SC(C)C(=O)NCC3CCCO3)o2)cc1C. The highest BCUT2D eigenvalue weighted by atomic mass is 32.2. The summed E-state index contributed by atoms with van der Waals surface area (Å²) in [6, 6.07) is 6.01. The van der Waals surface area contributed by atoms with E-state index in [-0.39, 0.29) is 17.3 Å². The highest BCUT2D eigenvalue weighted by Crippen LogP contribution is 2.27. The number of benzene rings is 1. The van der Waals surface area contributed by atoms with Gasteiger partial charge in [0.25, 0.3) is 5.22 Å². The van der Waals surface area contributed by atoms with E-state index in [1.54, 1.807) is 0 Å². The van der Waals surface area contributed by atoms with Gasteiger partial charge in [-0.05, 0) is 56.9 Å². The van der Waals surface area contributed by atoms with Gasteiger partial charge in [-0.3, -0.25) is 4.79 Å². The first-order valence-corrected chi connectivity index (χ1v) is 9.38. The van der Waals surface area contributed by atoms with Crippen molar-refractivity contribution in [1.82, 2.24) is 15.5 Å². The van der Waals surface area contributed by atoms with E-state index in [1.807, 2.05) is 32.0 Å². The molecule has 2 unspecified atom stereocenters. The Labute approximate surface area is 151 Å². The van der Waals surface area contributed by atoms with Crippen LogP contribution in [-0.4, -0.2) is 40.6 Å². The standard InChI is InChI=1S/C18H23N3O3S/c1-11-6-7-14(9-12(11)2)17-20-21-18(24-17)25-13(3)16(22)19-10-15-5-4-8-23-15/h6-7,9,13,15H,4-5,8,10H2,1-3H3,(H,19,22). The molecule has 3 rings (SSSR count). The zero-order valence-corrected chi connectivity index (χ0v) is 15.6. The van der Waals surface area contributed by atoms with Crippen molar-refractivity contribution in [3.63, 3.8) is 0 Å². The third-order valence-corrected chi connectivity index (χ3v) is 5.27. The maximum atomic E-state index is 12.2. The van der Waals surface area contributed by atoms with Gasteiger partial charge < -0.3 is 14.5 Å². The Hall–Kier alpha value is -1.86. The summed E-state index contributed by atoms with van der Waals surface area (Å²) in [7, 11) is 0. The van der Waals surface area contributed by atoms with Crippen LogP contribution in [-0.2, 0) is 9.53 Å². The maximum Gasteiger partial charge on any atom is 0.277 e. The molecule has 1 saturated heterocycles. The molecule has 0 saturated carbocycles. The maximum absolute atomic E-state index is 12.2. The fraction of sp³-hybridized carbons (Fsp3) is 0.500. The van der Waals surface area contributed by atoms with Crippen LogP contribution in [0.1, 0.15) is 30.9 Å². The van der Waals surface area contributed by atoms with Gasteiger partial charge in [0.2, 0.25) is 11.8 Å². The predicted molar refractivity (Wildman–Crippen MR) is 96.5 cm³/mol. The summed E-state index contributed by atoms with van der Waals surface area (Å²) in [5.74, 6) is 0.420. The molecule has 7 heteroatoms. The van der Waals surface area contributed by atoms with E-state index in [2.05, 4.69) is 22.4 Å². The van der Waals surface area contributed by atoms with E-state index in [1.165, 1.54) is 22.9 Å². The van der Waals surface area contributed by atoms with Gasteiger partial charge in [0, 0.05) is 18.7 Å². The zero-order valence-electron chi connectivity index (χ0n) is 14.7. The Kier molecular flexibility index (Phi) is 5.75. The molecule has 2 heterocycles. The van der Waals surface area contributed by atoms with Crippen molar-refractivity contribution in [1.29, 1.82) is 0 Å². The number of carbonyl (C=O) groups excluding carboxylic acids is 1. The van der Waals surface area contributed by atoms with Gasteiger partial charge >= 0.3 is 0 Å². The van der Waals surface area contributed by atoms with Crippen molar-refractivity contribution in [3.05, 3.63) is 29.3 Å². The normalized spacial score (nSPS) is 18.3. The molecule has 0 radical (unpaired) electrons. The van der Waals surface area contributed by atoms with Crippen molar-refractivity contribution in [2.45, 2.75) is 50.2 Å². The summed E-state index contributed by atoms with van der Waals surface area (Å²) in [4.78, 5) is 12.2. The lowest BCUT2D eigenvalue weighted by atomic mass is 10.1. The topological polar surface area (TPSA) is 77.2 Å². The van der Waals surface area contributed by atoms with E-state index < -0.39 is 0 Å². The highest BCUT2D eigenvalue weighted by molar-refractivity contribution is 8.00. The number of hydrogen-bond donors (Lipinski definition) is 1. The van der Waals surface area contributed by atoms with Crippen LogP contribution in [0, 0.1) is 13.8 Å². The van der Waals surface area contributed by atoms with Crippen molar-refractivity contribution in [2.24, 2.45) is 0 Å². The number of aromatic nitrogens is 2. The molecule has 2 aromatic rings. The van der Waals surface area contributed by atoms with Gasteiger partial charge in [-0.1, -0.05) is 17.8 Å². The van der Waals surface area contributed by atoms with Gasteiger partial charge in [0.15, 0.2) is 0 Å². The Morgan fingerprint density at radius 3 is 2.92 bits per heavy atom. The molecular formula is C18H23N3O3S. The number of nitrogens with zero attached hydrogens (tertiary/aromatic N) is 2. The second-order valence-electron chi connectivity index (χ2n) is 6.31.